The minimum absolute atomic E-state index is 0.0386. The predicted octanol–water partition coefficient (Wildman–Crippen LogP) is 3.16. The van der Waals surface area contributed by atoms with E-state index in [2.05, 4.69) is 0 Å². The third kappa shape index (κ3) is 13.9. The Morgan fingerprint density at radius 1 is 0.983 bits per heavy atom. The van der Waals surface area contributed by atoms with Crippen LogP contribution in [0.5, 0.6) is 0 Å². The molecular weight excluding hydrogens is 758 g/mol. The zero-order valence-corrected chi connectivity index (χ0v) is 35.9. The van der Waals surface area contributed by atoms with Crippen molar-refractivity contribution in [1.82, 2.24) is 4.90 Å². The quantitative estimate of drug-likeness (QED) is 0.139. The summed E-state index contributed by atoms with van der Waals surface area (Å²) in [5.74, 6) is -2.57. The second-order valence-corrected chi connectivity index (χ2v) is 16.4. The van der Waals surface area contributed by atoms with Crippen molar-refractivity contribution >= 4 is 24.2 Å². The van der Waals surface area contributed by atoms with Gasteiger partial charge in [-0.25, -0.2) is 0 Å². The molecule has 3 rings (SSSR count). The van der Waals surface area contributed by atoms with E-state index in [0.29, 0.717) is 12.8 Å². The van der Waals surface area contributed by atoms with Crippen molar-refractivity contribution in [3.8, 4) is 0 Å². The lowest BCUT2D eigenvalue weighted by Gasteiger charge is -2.50. The number of ether oxygens (including phenoxy) is 8. The van der Waals surface area contributed by atoms with Gasteiger partial charge in [0.2, 0.25) is 0 Å². The fraction of sp³-hybridized carbons (Fsp3) is 0.810. The highest BCUT2D eigenvalue weighted by atomic mass is 16.7. The second-order valence-electron chi connectivity index (χ2n) is 16.4. The van der Waals surface area contributed by atoms with Crippen molar-refractivity contribution in [3.05, 3.63) is 24.3 Å². The van der Waals surface area contributed by atoms with Gasteiger partial charge in [-0.3, -0.25) is 14.4 Å². The number of hydrogen-bond donors (Lipinski definition) is 3. The van der Waals surface area contributed by atoms with Gasteiger partial charge in [-0.1, -0.05) is 39.0 Å². The highest BCUT2D eigenvalue weighted by Crippen LogP contribution is 2.37. The van der Waals surface area contributed by atoms with E-state index in [-0.39, 0.29) is 38.0 Å². The Labute approximate surface area is 343 Å². The second kappa shape index (κ2) is 23.3. The molecule has 2 saturated heterocycles. The molecule has 0 saturated carbocycles. The number of aliphatic hydroxyl groups is 3. The van der Waals surface area contributed by atoms with E-state index in [1.807, 2.05) is 19.9 Å². The van der Waals surface area contributed by atoms with E-state index < -0.39 is 116 Å². The van der Waals surface area contributed by atoms with Gasteiger partial charge in [0, 0.05) is 39.2 Å². The van der Waals surface area contributed by atoms with Gasteiger partial charge < -0.3 is 62.9 Å². The summed E-state index contributed by atoms with van der Waals surface area (Å²) >= 11 is 0. The molecule has 0 radical (unpaired) electrons. The predicted molar refractivity (Wildman–Crippen MR) is 210 cm³/mol. The molecule has 0 aromatic carbocycles. The first-order valence-electron chi connectivity index (χ1n) is 20.6. The normalized spacial score (nSPS) is 39.5. The number of nitrogens with zero attached hydrogens (tertiary/aromatic N) is 1. The SMILES string of the molecule is CCCC(=O)O[C@H]1C(C)O[C@@H](O[C@@H]2C(C)O[C@@H](O[C@H]3[C@@H](CC=O)C[C@@H](C)[C@@H](OC(=O)CC)C=CC=CC[C@@H](C)OC(=O)C[C@@H](O)[C@@H]3OC)C(O)[C@@H]2N(C)C)C[C@]1(C)O. The molecule has 58 heavy (non-hydrogen) atoms. The van der Waals surface area contributed by atoms with Gasteiger partial charge >= 0.3 is 17.9 Å². The molecule has 0 spiro atoms. The lowest BCUT2D eigenvalue weighted by Crippen LogP contribution is -2.66. The highest BCUT2D eigenvalue weighted by molar-refractivity contribution is 5.70. The number of carbonyl (C=O) groups excluding carboxylic acids is 4. The number of cyclic esters (lactones) is 1. The third-order valence-electron chi connectivity index (χ3n) is 11.0. The molecule has 3 unspecified atom stereocenters. The molecule has 0 aromatic rings. The smallest absolute Gasteiger partial charge is 0.308 e. The van der Waals surface area contributed by atoms with Crippen LogP contribution in [0.2, 0.25) is 0 Å². The van der Waals surface area contributed by atoms with Crippen molar-refractivity contribution in [2.75, 3.05) is 21.2 Å². The lowest BCUT2D eigenvalue weighted by molar-refractivity contribution is -0.344. The number of rotatable bonds is 13. The number of allylic oxidation sites excluding steroid dienone is 2. The van der Waals surface area contributed by atoms with Crippen LogP contribution in [0.4, 0.5) is 0 Å². The monoisotopic (exact) mass is 827 g/mol. The number of hydrogen-bond acceptors (Lipinski definition) is 16. The zero-order valence-electron chi connectivity index (χ0n) is 35.9. The van der Waals surface area contributed by atoms with Crippen LogP contribution in [-0.4, -0.2) is 151 Å². The molecule has 3 N–H and O–H groups in total. The maximum atomic E-state index is 13.0. The standard InChI is InChI=1S/C42H69NO15/c1-11-16-32(47)56-40-27(6)53-34(23-42(40,7)50)57-37-26(5)54-41(36(49)35(37)43(8)9)58-38-28(19-20-44)21-24(3)30(55-31(46)12-2)18-15-13-14-17-25(4)52-33(48)22-29(45)39(38)51-10/h13-15,18,20,24-30,34-41,45,49-50H,11-12,16-17,19,21-23H2,1-10H3/t24-,25-,26?,27?,28+,29-,30+,34+,35+,36?,37-,38+,39+,40+,41+,42+/m1/s1. The van der Waals surface area contributed by atoms with Gasteiger partial charge in [0.1, 0.15) is 42.4 Å². The van der Waals surface area contributed by atoms with Crippen molar-refractivity contribution in [1.29, 1.82) is 0 Å². The summed E-state index contributed by atoms with van der Waals surface area (Å²) in [5, 5.41) is 35.0. The van der Waals surface area contributed by atoms with E-state index in [9.17, 15) is 34.5 Å². The fourth-order valence-corrected chi connectivity index (χ4v) is 8.04. The fourth-order valence-electron chi connectivity index (χ4n) is 8.04. The van der Waals surface area contributed by atoms with Crippen molar-refractivity contribution in [2.24, 2.45) is 11.8 Å². The minimum Gasteiger partial charge on any atom is -0.462 e. The number of likely N-dealkylation sites (N-methyl/N-ethyl adjacent to an activating group) is 1. The Kier molecular flexibility index (Phi) is 19.9. The van der Waals surface area contributed by atoms with Gasteiger partial charge in [0.25, 0.3) is 0 Å². The summed E-state index contributed by atoms with van der Waals surface area (Å²) in [5.41, 5.74) is -1.49. The van der Waals surface area contributed by atoms with E-state index in [4.69, 9.17) is 37.9 Å². The maximum Gasteiger partial charge on any atom is 0.308 e. The van der Waals surface area contributed by atoms with Crippen LogP contribution < -0.4 is 0 Å². The summed E-state index contributed by atoms with van der Waals surface area (Å²) < 4.78 is 48.3. The molecule has 16 heteroatoms. The Morgan fingerprint density at radius 3 is 2.29 bits per heavy atom. The Balaban J connectivity index is 1.97. The summed E-state index contributed by atoms with van der Waals surface area (Å²) in [6.45, 7) is 12.1. The van der Waals surface area contributed by atoms with Crippen LogP contribution >= 0.6 is 0 Å². The first kappa shape index (κ1) is 49.6. The molecular formula is C42H69NO15. The van der Waals surface area contributed by atoms with E-state index in [1.54, 1.807) is 71.8 Å². The molecule has 3 aliphatic rings. The van der Waals surface area contributed by atoms with E-state index in [0.717, 1.165) is 6.29 Å². The average molecular weight is 828 g/mol. The van der Waals surface area contributed by atoms with Crippen LogP contribution in [0, 0.1) is 11.8 Å². The largest absolute Gasteiger partial charge is 0.462 e. The number of carbonyl (C=O) groups is 4. The Bertz CT molecular complexity index is 1370. The first-order valence-corrected chi connectivity index (χ1v) is 20.6. The molecule has 0 aromatic heterocycles. The van der Waals surface area contributed by atoms with Crippen LogP contribution in [0.15, 0.2) is 24.3 Å². The average Bonchev–Trinajstić information content (AvgIpc) is 3.13. The molecule has 0 bridgehead atoms. The molecule has 332 valence electrons. The minimum atomic E-state index is -1.49. The third-order valence-corrected chi connectivity index (χ3v) is 11.0. The summed E-state index contributed by atoms with van der Waals surface area (Å²) in [4.78, 5) is 51.9. The number of methoxy groups -OCH3 is 1. The summed E-state index contributed by atoms with van der Waals surface area (Å²) in [6.07, 6.45) is -3.09. The van der Waals surface area contributed by atoms with Gasteiger partial charge in [0.15, 0.2) is 18.7 Å². The van der Waals surface area contributed by atoms with Crippen LogP contribution in [0.1, 0.15) is 99.8 Å². The Hall–Kier alpha value is -2.80. The van der Waals surface area contributed by atoms with Gasteiger partial charge in [0.05, 0.1) is 36.9 Å². The van der Waals surface area contributed by atoms with Crippen molar-refractivity contribution < 1.29 is 72.4 Å². The zero-order chi connectivity index (χ0) is 43.3. The van der Waals surface area contributed by atoms with Crippen LogP contribution in [-0.2, 0) is 57.1 Å². The number of esters is 3. The molecule has 16 atom stereocenters. The van der Waals surface area contributed by atoms with E-state index >= 15 is 0 Å². The van der Waals surface area contributed by atoms with E-state index in [1.165, 1.54) is 7.11 Å². The van der Waals surface area contributed by atoms with Gasteiger partial charge in [-0.2, -0.15) is 0 Å². The van der Waals surface area contributed by atoms with Crippen LogP contribution in [0.3, 0.4) is 0 Å². The lowest BCUT2D eigenvalue weighted by atomic mass is 9.82. The van der Waals surface area contributed by atoms with Crippen molar-refractivity contribution in [2.45, 2.75) is 185 Å². The molecule has 3 heterocycles. The Morgan fingerprint density at radius 2 is 1.69 bits per heavy atom. The molecule has 16 nitrogen and oxygen atoms in total. The molecule has 2 fully saturated rings. The summed E-state index contributed by atoms with van der Waals surface area (Å²) in [6, 6.07) is -0.772. The molecule has 3 aliphatic heterocycles. The highest BCUT2D eigenvalue weighted by Gasteiger charge is 2.52. The first-order chi connectivity index (χ1) is 27.4. The van der Waals surface area contributed by atoms with Crippen molar-refractivity contribution in [3.63, 3.8) is 0 Å². The molecule has 0 aliphatic carbocycles. The topological polar surface area (TPSA) is 206 Å². The number of aldehydes is 1. The van der Waals surface area contributed by atoms with Gasteiger partial charge in [-0.05, 0) is 72.5 Å². The van der Waals surface area contributed by atoms with Gasteiger partial charge in [-0.15, -0.1) is 0 Å². The van der Waals surface area contributed by atoms with Crippen LogP contribution in [0.25, 0.3) is 0 Å². The summed E-state index contributed by atoms with van der Waals surface area (Å²) in [7, 11) is 4.85. The molecule has 0 amide bonds. The number of aliphatic hydroxyl groups excluding tert-OH is 2. The maximum absolute atomic E-state index is 13.0.